The Morgan fingerprint density at radius 3 is 2.80 bits per heavy atom. The van der Waals surface area contributed by atoms with Gasteiger partial charge in [-0.05, 0) is 31.4 Å². The molecule has 84 valence electrons. The van der Waals surface area contributed by atoms with E-state index in [4.69, 9.17) is 0 Å². The maximum absolute atomic E-state index is 3.85. The molecule has 0 aliphatic carbocycles. The highest BCUT2D eigenvalue weighted by Crippen LogP contribution is 2.20. The Labute approximate surface area is 94.2 Å². The second-order valence-corrected chi connectivity index (χ2v) is 4.21. The van der Waals surface area contributed by atoms with Crippen LogP contribution in [-0.4, -0.2) is 24.0 Å². The SMILES string of the molecule is C=C/C=C(\C=C)CN1CCCCC1CC. The fourth-order valence-corrected chi connectivity index (χ4v) is 2.30. The summed E-state index contributed by atoms with van der Waals surface area (Å²) >= 11 is 0. The van der Waals surface area contributed by atoms with E-state index in [-0.39, 0.29) is 0 Å². The normalized spacial score (nSPS) is 23.8. The van der Waals surface area contributed by atoms with E-state index in [2.05, 4.69) is 31.1 Å². The summed E-state index contributed by atoms with van der Waals surface area (Å²) in [4.78, 5) is 2.58. The first-order valence-electron chi connectivity index (χ1n) is 5.99. The van der Waals surface area contributed by atoms with Gasteiger partial charge in [0.1, 0.15) is 0 Å². The minimum absolute atomic E-state index is 0.770. The van der Waals surface area contributed by atoms with E-state index >= 15 is 0 Å². The van der Waals surface area contributed by atoms with Gasteiger partial charge in [0.05, 0.1) is 0 Å². The fraction of sp³-hybridized carbons (Fsp3) is 0.571. The summed E-state index contributed by atoms with van der Waals surface area (Å²) < 4.78 is 0. The van der Waals surface area contributed by atoms with Crippen molar-refractivity contribution in [1.82, 2.24) is 4.90 Å². The molecule has 1 nitrogen and oxygen atoms in total. The lowest BCUT2D eigenvalue weighted by atomic mass is 9.99. The highest BCUT2D eigenvalue weighted by molar-refractivity contribution is 5.22. The number of likely N-dealkylation sites (tertiary alicyclic amines) is 1. The van der Waals surface area contributed by atoms with Gasteiger partial charge in [-0.3, -0.25) is 4.90 Å². The molecule has 0 aromatic carbocycles. The van der Waals surface area contributed by atoms with Crippen LogP contribution in [0.5, 0.6) is 0 Å². The second kappa shape index (κ2) is 6.62. The predicted molar refractivity (Wildman–Crippen MR) is 68.0 cm³/mol. The molecule has 1 aliphatic heterocycles. The van der Waals surface area contributed by atoms with Crippen LogP contribution in [-0.2, 0) is 0 Å². The van der Waals surface area contributed by atoms with Gasteiger partial charge in [-0.1, -0.05) is 44.7 Å². The Balaban J connectivity index is 2.57. The zero-order chi connectivity index (χ0) is 11.1. The van der Waals surface area contributed by atoms with Crippen LogP contribution in [0.2, 0.25) is 0 Å². The molecule has 0 amide bonds. The van der Waals surface area contributed by atoms with Crippen molar-refractivity contribution in [3.63, 3.8) is 0 Å². The van der Waals surface area contributed by atoms with Crippen molar-refractivity contribution in [3.05, 3.63) is 37.0 Å². The van der Waals surface area contributed by atoms with E-state index < -0.39 is 0 Å². The Morgan fingerprint density at radius 2 is 2.20 bits per heavy atom. The molecule has 0 aromatic heterocycles. The van der Waals surface area contributed by atoms with Crippen molar-refractivity contribution < 1.29 is 0 Å². The monoisotopic (exact) mass is 205 g/mol. The van der Waals surface area contributed by atoms with Gasteiger partial charge < -0.3 is 0 Å². The van der Waals surface area contributed by atoms with Crippen LogP contribution in [0.1, 0.15) is 32.6 Å². The Bertz CT molecular complexity index is 240. The average molecular weight is 205 g/mol. The molecular weight excluding hydrogens is 182 g/mol. The summed E-state index contributed by atoms with van der Waals surface area (Å²) in [6, 6.07) is 0.770. The molecule has 1 fully saturated rings. The van der Waals surface area contributed by atoms with Crippen LogP contribution < -0.4 is 0 Å². The summed E-state index contributed by atoms with van der Waals surface area (Å²) in [5.41, 5.74) is 1.28. The van der Waals surface area contributed by atoms with Crippen LogP contribution in [0.15, 0.2) is 37.0 Å². The lowest BCUT2D eigenvalue weighted by Gasteiger charge is -2.35. The number of hydrogen-bond acceptors (Lipinski definition) is 1. The first-order chi connectivity index (χ1) is 7.31. The van der Waals surface area contributed by atoms with Gasteiger partial charge in [-0.15, -0.1) is 0 Å². The predicted octanol–water partition coefficient (Wildman–Crippen LogP) is 3.55. The molecule has 1 saturated heterocycles. The van der Waals surface area contributed by atoms with Gasteiger partial charge in [0.2, 0.25) is 0 Å². The number of allylic oxidation sites excluding steroid dienone is 2. The lowest BCUT2D eigenvalue weighted by molar-refractivity contribution is 0.158. The third-order valence-corrected chi connectivity index (χ3v) is 3.20. The first kappa shape index (κ1) is 12.3. The molecule has 1 unspecified atom stereocenters. The Morgan fingerprint density at radius 1 is 1.40 bits per heavy atom. The van der Waals surface area contributed by atoms with Crippen LogP contribution in [0.4, 0.5) is 0 Å². The maximum atomic E-state index is 3.85. The highest BCUT2D eigenvalue weighted by atomic mass is 15.2. The van der Waals surface area contributed by atoms with Gasteiger partial charge in [0.25, 0.3) is 0 Å². The van der Waals surface area contributed by atoms with Crippen molar-refractivity contribution in [2.24, 2.45) is 0 Å². The van der Waals surface area contributed by atoms with Crippen molar-refractivity contribution >= 4 is 0 Å². The first-order valence-corrected chi connectivity index (χ1v) is 5.99. The van der Waals surface area contributed by atoms with Gasteiger partial charge >= 0.3 is 0 Å². The van der Waals surface area contributed by atoms with Gasteiger partial charge in [0.15, 0.2) is 0 Å². The molecule has 0 radical (unpaired) electrons. The molecular formula is C14H23N. The highest BCUT2D eigenvalue weighted by Gasteiger charge is 2.20. The molecule has 0 saturated carbocycles. The molecule has 0 spiro atoms. The van der Waals surface area contributed by atoms with E-state index in [0.29, 0.717) is 0 Å². The molecule has 15 heavy (non-hydrogen) atoms. The van der Waals surface area contributed by atoms with Crippen LogP contribution in [0, 0.1) is 0 Å². The van der Waals surface area contributed by atoms with Crippen LogP contribution in [0.25, 0.3) is 0 Å². The third kappa shape index (κ3) is 3.67. The summed E-state index contributed by atoms with van der Waals surface area (Å²) in [6.45, 7) is 12.1. The largest absolute Gasteiger partial charge is 0.296 e. The van der Waals surface area contributed by atoms with Gasteiger partial charge in [0, 0.05) is 12.6 Å². The summed E-state index contributed by atoms with van der Waals surface area (Å²) in [7, 11) is 0. The molecule has 0 bridgehead atoms. The van der Waals surface area contributed by atoms with E-state index in [0.717, 1.165) is 12.6 Å². The molecule has 1 heteroatoms. The summed E-state index contributed by atoms with van der Waals surface area (Å²) in [5, 5.41) is 0. The molecule has 0 aromatic rings. The average Bonchev–Trinajstić information content (AvgIpc) is 2.29. The summed E-state index contributed by atoms with van der Waals surface area (Å²) in [6.07, 6.45) is 11.2. The third-order valence-electron chi connectivity index (χ3n) is 3.20. The number of hydrogen-bond donors (Lipinski definition) is 0. The summed E-state index contributed by atoms with van der Waals surface area (Å²) in [5.74, 6) is 0. The van der Waals surface area contributed by atoms with Crippen molar-refractivity contribution in [2.45, 2.75) is 38.6 Å². The maximum Gasteiger partial charge on any atom is 0.0236 e. The second-order valence-electron chi connectivity index (χ2n) is 4.21. The number of nitrogens with zero attached hydrogens (tertiary/aromatic N) is 1. The quantitative estimate of drug-likeness (QED) is 0.620. The molecule has 1 atom stereocenters. The number of rotatable bonds is 5. The minimum atomic E-state index is 0.770. The van der Waals surface area contributed by atoms with Gasteiger partial charge in [-0.25, -0.2) is 0 Å². The van der Waals surface area contributed by atoms with E-state index in [1.807, 2.05) is 12.2 Å². The van der Waals surface area contributed by atoms with Crippen LogP contribution >= 0.6 is 0 Å². The van der Waals surface area contributed by atoms with Crippen molar-refractivity contribution in [2.75, 3.05) is 13.1 Å². The van der Waals surface area contributed by atoms with E-state index in [9.17, 15) is 0 Å². The zero-order valence-electron chi connectivity index (χ0n) is 9.91. The number of piperidine rings is 1. The van der Waals surface area contributed by atoms with E-state index in [1.165, 1.54) is 37.8 Å². The smallest absolute Gasteiger partial charge is 0.0236 e. The standard InChI is InChI=1S/C14H23N/c1-4-9-13(5-2)12-15-11-8-7-10-14(15)6-3/h4-5,9,14H,1-2,6-8,10-12H2,3H3/b13-9+. The lowest BCUT2D eigenvalue weighted by Crippen LogP contribution is -2.40. The van der Waals surface area contributed by atoms with Crippen LogP contribution in [0.3, 0.4) is 0 Å². The topological polar surface area (TPSA) is 3.24 Å². The van der Waals surface area contributed by atoms with Gasteiger partial charge in [-0.2, -0.15) is 0 Å². The van der Waals surface area contributed by atoms with E-state index in [1.54, 1.807) is 0 Å². The fourth-order valence-electron chi connectivity index (χ4n) is 2.30. The van der Waals surface area contributed by atoms with Crippen molar-refractivity contribution in [3.8, 4) is 0 Å². The molecule has 0 N–H and O–H groups in total. The Hall–Kier alpha value is -0.820. The molecule has 1 heterocycles. The minimum Gasteiger partial charge on any atom is -0.296 e. The molecule has 1 aliphatic rings. The molecule has 1 rings (SSSR count). The van der Waals surface area contributed by atoms with Crippen molar-refractivity contribution in [1.29, 1.82) is 0 Å². The Kier molecular flexibility index (Phi) is 5.41. The zero-order valence-corrected chi connectivity index (χ0v) is 9.91.